The summed E-state index contributed by atoms with van der Waals surface area (Å²) in [7, 11) is 0. The Hall–Kier alpha value is -2.71. The first-order valence-electron chi connectivity index (χ1n) is 8.63. The molecule has 1 heterocycles. The fourth-order valence-electron chi connectivity index (χ4n) is 3.00. The number of amides is 1. The lowest BCUT2D eigenvalue weighted by Gasteiger charge is -2.12. The van der Waals surface area contributed by atoms with Crippen LogP contribution in [0.3, 0.4) is 0 Å². The van der Waals surface area contributed by atoms with Gasteiger partial charge < -0.3 is 9.88 Å². The Morgan fingerprint density at radius 2 is 1.69 bits per heavy atom. The molecule has 0 spiro atoms. The monoisotopic (exact) mass is 443 g/mol. The zero-order valence-electron chi connectivity index (χ0n) is 15.6. The van der Waals surface area contributed by atoms with Crippen LogP contribution >= 0.6 is 34.8 Å². The van der Waals surface area contributed by atoms with E-state index >= 15 is 0 Å². The van der Waals surface area contributed by atoms with Crippen molar-refractivity contribution >= 4 is 52.5 Å². The maximum Gasteiger partial charge on any atom is 0.266 e. The van der Waals surface area contributed by atoms with Gasteiger partial charge in [-0.3, -0.25) is 4.79 Å². The number of nitrogens with zero attached hydrogens (tertiary/aromatic N) is 2. The molecule has 7 heteroatoms. The molecule has 0 aliphatic rings. The first kappa shape index (κ1) is 21.0. The standard InChI is InChI=1S/C22H16Cl3N3O/c1-13-9-15(14(2)28(13)21-8-5-18(24)11-20(21)25)10-16(12-26)22(29)27-19-6-3-17(23)4-7-19/h3-11H,1-2H3,(H,27,29)/b16-10-. The number of aryl methyl sites for hydroxylation is 1. The van der Waals surface area contributed by atoms with E-state index in [1.165, 1.54) is 0 Å². The van der Waals surface area contributed by atoms with E-state index in [0.29, 0.717) is 20.8 Å². The number of carbonyl (C=O) groups is 1. The lowest BCUT2D eigenvalue weighted by molar-refractivity contribution is -0.112. The van der Waals surface area contributed by atoms with E-state index in [-0.39, 0.29) is 5.57 Å². The molecule has 0 aliphatic carbocycles. The molecule has 0 saturated heterocycles. The van der Waals surface area contributed by atoms with Gasteiger partial charge in [-0.05, 0) is 74.0 Å². The van der Waals surface area contributed by atoms with E-state index in [1.54, 1.807) is 42.5 Å². The highest BCUT2D eigenvalue weighted by atomic mass is 35.5. The Labute approximate surface area is 183 Å². The van der Waals surface area contributed by atoms with Gasteiger partial charge in [0.1, 0.15) is 11.6 Å². The van der Waals surface area contributed by atoms with Crippen LogP contribution in [0.5, 0.6) is 0 Å². The van der Waals surface area contributed by atoms with Crippen LogP contribution in [0.25, 0.3) is 11.8 Å². The Bertz CT molecular complexity index is 1160. The molecule has 0 fully saturated rings. The van der Waals surface area contributed by atoms with E-state index in [4.69, 9.17) is 34.8 Å². The number of carbonyl (C=O) groups excluding carboxylic acids is 1. The SMILES string of the molecule is Cc1cc(/C=C(/C#N)C(=O)Nc2ccc(Cl)cc2)c(C)n1-c1ccc(Cl)cc1Cl. The van der Waals surface area contributed by atoms with Crippen LogP contribution in [-0.2, 0) is 4.79 Å². The number of aromatic nitrogens is 1. The van der Waals surface area contributed by atoms with Gasteiger partial charge in [-0.2, -0.15) is 5.26 Å². The summed E-state index contributed by atoms with van der Waals surface area (Å²) in [5.74, 6) is -0.496. The van der Waals surface area contributed by atoms with Crippen molar-refractivity contribution in [3.05, 3.63) is 86.1 Å². The van der Waals surface area contributed by atoms with Crippen molar-refractivity contribution in [2.45, 2.75) is 13.8 Å². The normalized spacial score (nSPS) is 11.2. The Kier molecular flexibility index (Phi) is 6.34. The molecule has 0 atom stereocenters. The molecule has 2 aromatic carbocycles. The molecule has 0 aliphatic heterocycles. The number of benzene rings is 2. The maximum absolute atomic E-state index is 12.5. The van der Waals surface area contributed by atoms with E-state index in [1.807, 2.05) is 36.6 Å². The van der Waals surface area contributed by atoms with Gasteiger partial charge in [0, 0.05) is 27.1 Å². The summed E-state index contributed by atoms with van der Waals surface area (Å²) >= 11 is 18.2. The lowest BCUT2D eigenvalue weighted by atomic mass is 10.1. The molecular weight excluding hydrogens is 429 g/mol. The van der Waals surface area contributed by atoms with Crippen LogP contribution in [0.4, 0.5) is 5.69 Å². The maximum atomic E-state index is 12.5. The quantitative estimate of drug-likeness (QED) is 0.364. The highest BCUT2D eigenvalue weighted by Crippen LogP contribution is 2.29. The summed E-state index contributed by atoms with van der Waals surface area (Å²) in [6, 6.07) is 15.8. The van der Waals surface area contributed by atoms with E-state index in [9.17, 15) is 10.1 Å². The van der Waals surface area contributed by atoms with Gasteiger partial charge in [-0.15, -0.1) is 0 Å². The van der Waals surface area contributed by atoms with E-state index in [0.717, 1.165) is 22.6 Å². The van der Waals surface area contributed by atoms with Crippen molar-refractivity contribution in [3.8, 4) is 11.8 Å². The summed E-state index contributed by atoms with van der Waals surface area (Å²) < 4.78 is 1.95. The van der Waals surface area contributed by atoms with Crippen LogP contribution in [0, 0.1) is 25.2 Å². The van der Waals surface area contributed by atoms with Crippen molar-refractivity contribution < 1.29 is 4.79 Å². The third-order valence-corrected chi connectivity index (χ3v) is 5.18. The van der Waals surface area contributed by atoms with Gasteiger partial charge in [0.2, 0.25) is 0 Å². The van der Waals surface area contributed by atoms with Gasteiger partial charge in [0.05, 0.1) is 10.7 Å². The van der Waals surface area contributed by atoms with Gasteiger partial charge in [-0.1, -0.05) is 34.8 Å². The van der Waals surface area contributed by atoms with Gasteiger partial charge in [0.25, 0.3) is 5.91 Å². The second-order valence-electron chi connectivity index (χ2n) is 6.39. The molecular formula is C22H16Cl3N3O. The third kappa shape index (κ3) is 4.65. The second-order valence-corrected chi connectivity index (χ2v) is 7.67. The molecule has 3 aromatic rings. The molecule has 4 nitrogen and oxygen atoms in total. The first-order chi connectivity index (χ1) is 13.8. The molecule has 0 saturated carbocycles. The lowest BCUT2D eigenvalue weighted by Crippen LogP contribution is -2.13. The van der Waals surface area contributed by atoms with Gasteiger partial charge in [0.15, 0.2) is 0 Å². The van der Waals surface area contributed by atoms with Crippen molar-refractivity contribution in [1.29, 1.82) is 5.26 Å². The predicted octanol–water partition coefficient (Wildman–Crippen LogP) is 6.60. The summed E-state index contributed by atoms with van der Waals surface area (Å²) in [4.78, 5) is 12.5. The third-order valence-electron chi connectivity index (χ3n) is 4.39. The predicted molar refractivity (Wildman–Crippen MR) is 119 cm³/mol. The fraction of sp³-hybridized carbons (Fsp3) is 0.0909. The largest absolute Gasteiger partial charge is 0.321 e. The van der Waals surface area contributed by atoms with Crippen molar-refractivity contribution in [2.24, 2.45) is 0 Å². The minimum Gasteiger partial charge on any atom is -0.321 e. The van der Waals surface area contributed by atoms with Gasteiger partial charge >= 0.3 is 0 Å². The molecule has 1 aromatic heterocycles. The number of halogens is 3. The van der Waals surface area contributed by atoms with Crippen LogP contribution < -0.4 is 5.32 Å². The van der Waals surface area contributed by atoms with Crippen LogP contribution in [0.15, 0.2) is 54.1 Å². The van der Waals surface area contributed by atoms with Crippen LogP contribution in [0.2, 0.25) is 15.1 Å². The van der Waals surface area contributed by atoms with Crippen molar-refractivity contribution in [1.82, 2.24) is 4.57 Å². The highest BCUT2D eigenvalue weighted by Gasteiger charge is 2.15. The summed E-state index contributed by atoms with van der Waals surface area (Å²) in [6.07, 6.45) is 1.56. The molecule has 0 bridgehead atoms. The zero-order chi connectivity index (χ0) is 21.1. The molecule has 1 N–H and O–H groups in total. The van der Waals surface area contributed by atoms with Crippen molar-refractivity contribution in [2.75, 3.05) is 5.32 Å². The molecule has 29 heavy (non-hydrogen) atoms. The van der Waals surface area contributed by atoms with Crippen molar-refractivity contribution in [3.63, 3.8) is 0 Å². The Morgan fingerprint density at radius 3 is 2.31 bits per heavy atom. The zero-order valence-corrected chi connectivity index (χ0v) is 17.9. The topological polar surface area (TPSA) is 57.8 Å². The average molecular weight is 445 g/mol. The van der Waals surface area contributed by atoms with Crippen LogP contribution in [-0.4, -0.2) is 10.5 Å². The smallest absolute Gasteiger partial charge is 0.266 e. The Balaban J connectivity index is 1.95. The van der Waals surface area contributed by atoms with Gasteiger partial charge in [-0.25, -0.2) is 0 Å². The van der Waals surface area contributed by atoms with Crippen LogP contribution in [0.1, 0.15) is 17.0 Å². The molecule has 3 rings (SSSR count). The summed E-state index contributed by atoms with van der Waals surface area (Å²) in [5.41, 5.74) is 3.82. The number of rotatable bonds is 4. The summed E-state index contributed by atoms with van der Waals surface area (Å²) in [6.45, 7) is 3.82. The van der Waals surface area contributed by atoms with E-state index in [2.05, 4.69) is 5.32 Å². The molecule has 0 unspecified atom stereocenters. The number of anilines is 1. The number of nitriles is 1. The second kappa shape index (κ2) is 8.75. The van der Waals surface area contributed by atoms with E-state index < -0.39 is 5.91 Å². The highest BCUT2D eigenvalue weighted by molar-refractivity contribution is 6.35. The number of nitrogens with one attached hydrogen (secondary N) is 1. The molecule has 1 amide bonds. The first-order valence-corrected chi connectivity index (χ1v) is 9.76. The minimum atomic E-state index is -0.496. The molecule has 0 radical (unpaired) electrons. The number of hydrogen-bond donors (Lipinski definition) is 1. The molecule has 146 valence electrons. The minimum absolute atomic E-state index is 0.0117. The Morgan fingerprint density at radius 1 is 1.03 bits per heavy atom. The fourth-order valence-corrected chi connectivity index (χ4v) is 3.62. The average Bonchev–Trinajstić information content (AvgIpc) is 2.95. The summed E-state index contributed by atoms with van der Waals surface area (Å²) in [5, 5.41) is 13.8. The number of hydrogen-bond acceptors (Lipinski definition) is 2.